The monoisotopic (exact) mass is 278 g/mol. The molecule has 0 aliphatic heterocycles. The fraction of sp³-hybridized carbons (Fsp3) is 0.833. The molecule has 0 saturated carbocycles. The highest BCUT2D eigenvalue weighted by molar-refractivity contribution is 7.91. The largest absolute Gasteiger partial charge is 0.403 e. The van der Waals surface area contributed by atoms with Crippen LogP contribution < -0.4 is 0 Å². The fourth-order valence-corrected chi connectivity index (χ4v) is 3.81. The summed E-state index contributed by atoms with van der Waals surface area (Å²) >= 11 is 0. The fourth-order valence-electron chi connectivity index (χ4n) is 0.795. The van der Waals surface area contributed by atoms with Gasteiger partial charge in [0.15, 0.2) is 18.2 Å². The Hall–Kier alpha value is -0.133. The average Bonchev–Trinajstić information content (AvgIpc) is 2.11. The van der Waals surface area contributed by atoms with E-state index in [0.29, 0.717) is 0 Å². The smallest absolute Gasteiger partial charge is 0.193 e. The Kier molecular flexibility index (Phi) is 5.63. The van der Waals surface area contributed by atoms with Crippen LogP contribution in [-0.2, 0) is 14.3 Å². The van der Waals surface area contributed by atoms with Gasteiger partial charge in [0.25, 0.3) is 0 Å². The van der Waals surface area contributed by atoms with Gasteiger partial charge in [0, 0.05) is 0 Å². The van der Waals surface area contributed by atoms with E-state index >= 15 is 0 Å². The Morgan fingerprint density at radius 3 is 2.06 bits per heavy atom. The van der Waals surface area contributed by atoms with Crippen molar-refractivity contribution in [1.82, 2.24) is 0 Å². The van der Waals surface area contributed by atoms with Gasteiger partial charge in [-0.1, -0.05) is 32.4 Å². The zero-order valence-electron chi connectivity index (χ0n) is 12.1. The molecule has 0 bridgehead atoms. The van der Waals surface area contributed by atoms with Crippen LogP contribution in [0, 0.1) is 0 Å². The Morgan fingerprint density at radius 1 is 1.24 bits per heavy atom. The molecule has 5 heteroatoms. The molecular formula is C12H26O3SSi. The summed E-state index contributed by atoms with van der Waals surface area (Å²) in [5.74, 6) is -0.0861. The van der Waals surface area contributed by atoms with Crippen molar-refractivity contribution in [1.29, 1.82) is 0 Å². The van der Waals surface area contributed by atoms with Gasteiger partial charge in [0.1, 0.15) is 5.94 Å². The Morgan fingerprint density at radius 2 is 1.71 bits per heavy atom. The van der Waals surface area contributed by atoms with E-state index in [1.54, 1.807) is 6.08 Å². The maximum atomic E-state index is 11.8. The van der Waals surface area contributed by atoms with Crippen LogP contribution in [0.5, 0.6) is 0 Å². The number of allylic oxidation sites excluding steroid dienone is 1. The van der Waals surface area contributed by atoms with Crippen LogP contribution >= 0.6 is 0 Å². The molecule has 0 amide bonds. The van der Waals surface area contributed by atoms with Gasteiger partial charge in [-0.15, -0.1) is 0 Å². The summed E-state index contributed by atoms with van der Waals surface area (Å²) in [6.45, 7) is 14.2. The van der Waals surface area contributed by atoms with Gasteiger partial charge in [-0.05, 0) is 32.0 Å². The Balaban J connectivity index is 4.53. The summed E-state index contributed by atoms with van der Waals surface area (Å²) in [5.41, 5.74) is 1.01. The van der Waals surface area contributed by atoms with Gasteiger partial charge >= 0.3 is 0 Å². The predicted octanol–water partition coefficient (Wildman–Crippen LogP) is 3.35. The molecule has 0 spiro atoms. The van der Waals surface area contributed by atoms with Crippen molar-refractivity contribution in [3.8, 4) is 0 Å². The van der Waals surface area contributed by atoms with Crippen molar-refractivity contribution in [2.24, 2.45) is 0 Å². The lowest BCUT2D eigenvalue weighted by atomic mass is 10.2. The van der Waals surface area contributed by atoms with Gasteiger partial charge < -0.3 is 4.43 Å². The van der Waals surface area contributed by atoms with Crippen LogP contribution in [0.3, 0.4) is 0 Å². The zero-order valence-corrected chi connectivity index (χ0v) is 13.9. The van der Waals surface area contributed by atoms with E-state index in [1.165, 1.54) is 0 Å². The molecule has 0 aliphatic carbocycles. The second kappa shape index (κ2) is 5.67. The lowest BCUT2D eigenvalue weighted by Crippen LogP contribution is -2.42. The van der Waals surface area contributed by atoms with Crippen molar-refractivity contribution in [3.05, 3.63) is 11.6 Å². The van der Waals surface area contributed by atoms with Crippen molar-refractivity contribution in [3.63, 3.8) is 0 Å². The normalized spacial score (nSPS) is 13.6. The molecule has 0 aromatic rings. The van der Waals surface area contributed by atoms with Crippen molar-refractivity contribution < 1.29 is 12.8 Å². The van der Waals surface area contributed by atoms with E-state index in [9.17, 15) is 8.42 Å². The van der Waals surface area contributed by atoms with E-state index in [0.717, 1.165) is 5.57 Å². The molecule has 102 valence electrons. The molecule has 3 nitrogen and oxygen atoms in total. The molecule has 0 aromatic heterocycles. The van der Waals surface area contributed by atoms with Gasteiger partial charge in [0.2, 0.25) is 0 Å². The predicted molar refractivity (Wildman–Crippen MR) is 76.4 cm³/mol. The lowest BCUT2D eigenvalue weighted by molar-refractivity contribution is 0.342. The van der Waals surface area contributed by atoms with Crippen molar-refractivity contribution in [2.45, 2.75) is 52.8 Å². The standard InChI is InChI=1S/C12H26O3SSi/c1-11(2)8-9-16(13,14)10-15-17(6,7)12(3,4)5/h8H,9-10H2,1-7H3. The van der Waals surface area contributed by atoms with E-state index < -0.39 is 18.2 Å². The van der Waals surface area contributed by atoms with Crippen LogP contribution in [0.15, 0.2) is 11.6 Å². The number of sulfone groups is 1. The molecule has 0 unspecified atom stereocenters. The first-order chi connectivity index (χ1) is 7.37. The first kappa shape index (κ1) is 16.9. The summed E-state index contributed by atoms with van der Waals surface area (Å²) < 4.78 is 29.2. The molecule has 17 heavy (non-hydrogen) atoms. The SMILES string of the molecule is CC(C)=CCS(=O)(=O)CO[Si](C)(C)C(C)(C)C. The molecule has 0 rings (SSSR count). The maximum absolute atomic E-state index is 11.8. The first-order valence-electron chi connectivity index (χ1n) is 5.85. The van der Waals surface area contributed by atoms with Crippen LogP contribution in [0.4, 0.5) is 0 Å². The van der Waals surface area contributed by atoms with Crippen molar-refractivity contribution in [2.75, 3.05) is 11.7 Å². The molecule has 0 heterocycles. The van der Waals surface area contributed by atoms with E-state index in [2.05, 4.69) is 33.9 Å². The van der Waals surface area contributed by atoms with Crippen LogP contribution in [0.2, 0.25) is 18.1 Å². The zero-order chi connectivity index (χ0) is 13.9. The molecule has 0 fully saturated rings. The molecule has 0 aliphatic rings. The minimum atomic E-state index is -3.13. The highest BCUT2D eigenvalue weighted by atomic mass is 32.2. The third-order valence-corrected chi connectivity index (χ3v) is 8.99. The minimum absolute atomic E-state index is 0.0407. The van der Waals surface area contributed by atoms with Gasteiger partial charge in [-0.3, -0.25) is 0 Å². The number of rotatable bonds is 5. The molecule has 0 saturated heterocycles. The highest BCUT2D eigenvalue weighted by Gasteiger charge is 2.38. The molecular weight excluding hydrogens is 252 g/mol. The quantitative estimate of drug-likeness (QED) is 0.572. The van der Waals surface area contributed by atoms with Crippen LogP contribution in [0.25, 0.3) is 0 Å². The summed E-state index contributed by atoms with van der Waals surface area (Å²) in [6.07, 6.45) is 1.73. The van der Waals surface area contributed by atoms with Crippen molar-refractivity contribution >= 4 is 18.2 Å². The van der Waals surface area contributed by atoms with Gasteiger partial charge in [-0.25, -0.2) is 8.42 Å². The van der Waals surface area contributed by atoms with Crippen LogP contribution in [-0.4, -0.2) is 28.4 Å². The van der Waals surface area contributed by atoms with Gasteiger partial charge in [-0.2, -0.15) is 0 Å². The lowest BCUT2D eigenvalue weighted by Gasteiger charge is -2.35. The second-order valence-corrected chi connectivity index (χ2v) is 13.1. The Bertz CT molecular complexity index is 371. The maximum Gasteiger partial charge on any atom is 0.193 e. The topological polar surface area (TPSA) is 43.4 Å². The Labute approximate surface area is 107 Å². The molecule has 0 aromatic carbocycles. The second-order valence-electron chi connectivity index (χ2n) is 6.21. The molecule has 0 atom stereocenters. The first-order valence-corrected chi connectivity index (χ1v) is 10.6. The number of hydrogen-bond acceptors (Lipinski definition) is 3. The summed E-state index contributed by atoms with van der Waals surface area (Å²) in [4.78, 5) is 0. The van der Waals surface area contributed by atoms with E-state index in [4.69, 9.17) is 4.43 Å². The van der Waals surface area contributed by atoms with Gasteiger partial charge in [0.05, 0.1) is 5.75 Å². The highest BCUT2D eigenvalue weighted by Crippen LogP contribution is 2.36. The minimum Gasteiger partial charge on any atom is -0.403 e. The van der Waals surface area contributed by atoms with E-state index in [1.807, 2.05) is 13.8 Å². The third kappa shape index (κ3) is 6.38. The average molecular weight is 278 g/mol. The number of hydrogen-bond donors (Lipinski definition) is 0. The summed E-state index contributed by atoms with van der Waals surface area (Å²) in [5, 5.41) is 0.0407. The third-order valence-electron chi connectivity index (χ3n) is 3.15. The molecule has 0 N–H and O–H groups in total. The summed E-state index contributed by atoms with van der Waals surface area (Å²) in [7, 11) is -5.10. The van der Waals surface area contributed by atoms with Crippen LogP contribution in [0.1, 0.15) is 34.6 Å². The molecule has 0 radical (unpaired) electrons. The van der Waals surface area contributed by atoms with E-state index in [-0.39, 0.29) is 16.7 Å². The summed E-state index contributed by atoms with van der Waals surface area (Å²) in [6, 6.07) is 0.